The summed E-state index contributed by atoms with van der Waals surface area (Å²) in [6.07, 6.45) is 1.03. The highest BCUT2D eigenvalue weighted by molar-refractivity contribution is 5.82. The van der Waals surface area contributed by atoms with Crippen molar-refractivity contribution in [2.45, 2.75) is 45.3 Å². The van der Waals surface area contributed by atoms with Gasteiger partial charge in [-0.2, -0.15) is 0 Å². The molecular formula is C12H22N2O4. The van der Waals surface area contributed by atoms with E-state index in [0.29, 0.717) is 25.9 Å². The summed E-state index contributed by atoms with van der Waals surface area (Å²) in [7, 11) is 0. The van der Waals surface area contributed by atoms with Gasteiger partial charge in [-0.3, -0.25) is 0 Å². The smallest absolute Gasteiger partial charge is 0.326 e. The molecule has 2 amide bonds. The number of aliphatic hydroxyl groups is 1. The number of likely N-dealkylation sites (tertiary alicyclic amines) is 1. The second-order valence-corrected chi connectivity index (χ2v) is 5.49. The van der Waals surface area contributed by atoms with E-state index in [4.69, 9.17) is 5.11 Å². The molecule has 6 heteroatoms. The fourth-order valence-electron chi connectivity index (χ4n) is 1.93. The Labute approximate surface area is 107 Å². The van der Waals surface area contributed by atoms with Gasteiger partial charge in [0, 0.05) is 13.1 Å². The van der Waals surface area contributed by atoms with Crippen LogP contribution in [-0.4, -0.2) is 51.8 Å². The molecule has 0 bridgehead atoms. The van der Waals surface area contributed by atoms with Crippen molar-refractivity contribution in [3.63, 3.8) is 0 Å². The first kappa shape index (κ1) is 14.8. The number of nitrogens with one attached hydrogen (secondary N) is 1. The predicted molar refractivity (Wildman–Crippen MR) is 66.2 cm³/mol. The van der Waals surface area contributed by atoms with Crippen LogP contribution in [0.2, 0.25) is 0 Å². The first-order valence-electron chi connectivity index (χ1n) is 6.23. The summed E-state index contributed by atoms with van der Waals surface area (Å²) < 4.78 is 0. The van der Waals surface area contributed by atoms with Gasteiger partial charge in [-0.15, -0.1) is 0 Å². The maximum absolute atomic E-state index is 11.9. The fraction of sp³-hybridized carbons (Fsp3) is 0.833. The van der Waals surface area contributed by atoms with Crippen molar-refractivity contribution >= 4 is 12.0 Å². The van der Waals surface area contributed by atoms with E-state index in [2.05, 4.69) is 5.32 Å². The zero-order valence-corrected chi connectivity index (χ0v) is 11.1. The molecule has 104 valence electrons. The van der Waals surface area contributed by atoms with Crippen molar-refractivity contribution in [1.29, 1.82) is 0 Å². The minimum Gasteiger partial charge on any atom is -0.480 e. The summed E-state index contributed by atoms with van der Waals surface area (Å²) in [5.74, 6) is -1.19. The number of carboxylic acids is 1. The fourth-order valence-corrected chi connectivity index (χ4v) is 1.93. The molecule has 1 aliphatic rings. The highest BCUT2D eigenvalue weighted by Crippen LogP contribution is 2.21. The van der Waals surface area contributed by atoms with Gasteiger partial charge in [-0.05, 0) is 25.7 Å². The van der Waals surface area contributed by atoms with Crippen LogP contribution in [0.5, 0.6) is 0 Å². The zero-order chi connectivity index (χ0) is 13.9. The minimum absolute atomic E-state index is 0.167. The normalized spacial score (nSPS) is 20.6. The van der Waals surface area contributed by atoms with E-state index < -0.39 is 17.6 Å². The molecule has 0 aliphatic carbocycles. The molecule has 1 heterocycles. The number of hydrogen-bond donors (Lipinski definition) is 3. The highest BCUT2D eigenvalue weighted by Gasteiger charge is 2.31. The van der Waals surface area contributed by atoms with Crippen molar-refractivity contribution in [1.82, 2.24) is 10.2 Å². The van der Waals surface area contributed by atoms with Crippen LogP contribution >= 0.6 is 0 Å². The zero-order valence-electron chi connectivity index (χ0n) is 11.1. The Bertz CT molecular complexity index is 318. The average molecular weight is 258 g/mol. The van der Waals surface area contributed by atoms with Gasteiger partial charge in [-0.25, -0.2) is 9.59 Å². The number of amides is 2. The maximum Gasteiger partial charge on any atom is 0.326 e. The molecule has 3 N–H and O–H groups in total. The van der Waals surface area contributed by atoms with Crippen LogP contribution in [0, 0.1) is 5.92 Å². The minimum atomic E-state index is -1.03. The standard InChI is InChI=1S/C12H22N2O4/c1-8(2)9(10(15)16)13-11(17)14-6-4-12(3,18)5-7-14/h8-9,18H,4-7H2,1-3H3,(H,13,17)(H,15,16)/t9-/m0/s1. The van der Waals surface area contributed by atoms with Crippen LogP contribution in [0.25, 0.3) is 0 Å². The van der Waals surface area contributed by atoms with Crippen molar-refractivity contribution in [2.24, 2.45) is 5.92 Å². The number of piperidine rings is 1. The van der Waals surface area contributed by atoms with E-state index in [1.54, 1.807) is 25.7 Å². The number of carbonyl (C=O) groups excluding carboxylic acids is 1. The number of carbonyl (C=O) groups is 2. The predicted octanol–water partition coefficient (Wildman–Crippen LogP) is 0.652. The van der Waals surface area contributed by atoms with Gasteiger partial charge < -0.3 is 20.4 Å². The van der Waals surface area contributed by atoms with E-state index in [-0.39, 0.29) is 11.9 Å². The Morgan fingerprint density at radius 3 is 2.17 bits per heavy atom. The molecule has 1 aliphatic heterocycles. The lowest BCUT2D eigenvalue weighted by Crippen LogP contribution is -2.53. The second-order valence-electron chi connectivity index (χ2n) is 5.49. The molecule has 1 atom stereocenters. The number of nitrogens with zero attached hydrogens (tertiary/aromatic N) is 1. The summed E-state index contributed by atoms with van der Waals surface area (Å²) in [5, 5.41) is 21.3. The first-order valence-corrected chi connectivity index (χ1v) is 6.23. The van der Waals surface area contributed by atoms with Gasteiger partial charge >= 0.3 is 12.0 Å². The van der Waals surface area contributed by atoms with Crippen LogP contribution in [-0.2, 0) is 4.79 Å². The summed E-state index contributed by atoms with van der Waals surface area (Å²) >= 11 is 0. The van der Waals surface area contributed by atoms with Gasteiger partial charge in [-0.1, -0.05) is 13.8 Å². The van der Waals surface area contributed by atoms with Gasteiger partial charge in [0.25, 0.3) is 0 Å². The molecular weight excluding hydrogens is 236 g/mol. The molecule has 0 unspecified atom stereocenters. The number of urea groups is 1. The van der Waals surface area contributed by atoms with Crippen molar-refractivity contribution in [2.75, 3.05) is 13.1 Å². The van der Waals surface area contributed by atoms with Gasteiger partial charge in [0.2, 0.25) is 0 Å². The van der Waals surface area contributed by atoms with Crippen LogP contribution in [0.15, 0.2) is 0 Å². The van der Waals surface area contributed by atoms with E-state index in [1.165, 1.54) is 0 Å². The monoisotopic (exact) mass is 258 g/mol. The topological polar surface area (TPSA) is 89.9 Å². The Morgan fingerprint density at radius 1 is 1.28 bits per heavy atom. The second kappa shape index (κ2) is 5.56. The molecule has 6 nitrogen and oxygen atoms in total. The van der Waals surface area contributed by atoms with Crippen LogP contribution in [0.4, 0.5) is 4.79 Å². The maximum atomic E-state index is 11.9. The summed E-state index contributed by atoms with van der Waals surface area (Å²) in [5.41, 5.74) is -0.721. The van der Waals surface area contributed by atoms with E-state index in [9.17, 15) is 14.7 Å². The molecule has 0 radical (unpaired) electrons. The van der Waals surface area contributed by atoms with Crippen molar-refractivity contribution in [3.8, 4) is 0 Å². The van der Waals surface area contributed by atoms with Crippen molar-refractivity contribution in [3.05, 3.63) is 0 Å². The number of rotatable bonds is 3. The van der Waals surface area contributed by atoms with Crippen LogP contribution in [0.1, 0.15) is 33.6 Å². The summed E-state index contributed by atoms with van der Waals surface area (Å²) in [6.45, 7) is 6.14. The number of hydrogen-bond acceptors (Lipinski definition) is 3. The van der Waals surface area contributed by atoms with Crippen LogP contribution < -0.4 is 5.32 Å². The molecule has 1 rings (SSSR count). The van der Waals surface area contributed by atoms with Crippen molar-refractivity contribution < 1.29 is 19.8 Å². The third-order valence-corrected chi connectivity index (χ3v) is 3.34. The number of aliphatic carboxylic acids is 1. The lowest BCUT2D eigenvalue weighted by molar-refractivity contribution is -0.140. The molecule has 0 aromatic rings. The number of carboxylic acid groups (broad SMARTS) is 1. The molecule has 1 fully saturated rings. The Balaban J connectivity index is 2.53. The first-order chi connectivity index (χ1) is 8.23. The lowest BCUT2D eigenvalue weighted by atomic mass is 9.94. The molecule has 0 saturated carbocycles. The van der Waals surface area contributed by atoms with E-state index in [1.807, 2.05) is 0 Å². The Kier molecular flexibility index (Phi) is 4.56. The summed E-state index contributed by atoms with van der Waals surface area (Å²) in [6, 6.07) is -1.24. The highest BCUT2D eigenvalue weighted by atomic mass is 16.4. The van der Waals surface area contributed by atoms with Crippen LogP contribution in [0.3, 0.4) is 0 Å². The van der Waals surface area contributed by atoms with Gasteiger partial charge in [0.15, 0.2) is 0 Å². The Morgan fingerprint density at radius 2 is 1.78 bits per heavy atom. The third-order valence-electron chi connectivity index (χ3n) is 3.34. The Hall–Kier alpha value is -1.30. The van der Waals surface area contributed by atoms with Gasteiger partial charge in [0.1, 0.15) is 6.04 Å². The van der Waals surface area contributed by atoms with E-state index in [0.717, 1.165) is 0 Å². The lowest BCUT2D eigenvalue weighted by Gasteiger charge is -2.36. The molecule has 0 aromatic heterocycles. The van der Waals surface area contributed by atoms with E-state index >= 15 is 0 Å². The molecule has 0 spiro atoms. The molecule has 0 aromatic carbocycles. The molecule has 1 saturated heterocycles. The average Bonchev–Trinajstić information content (AvgIpc) is 2.24. The quantitative estimate of drug-likeness (QED) is 0.693. The molecule has 18 heavy (non-hydrogen) atoms. The largest absolute Gasteiger partial charge is 0.480 e. The third kappa shape index (κ3) is 3.87. The van der Waals surface area contributed by atoms with Gasteiger partial charge in [0.05, 0.1) is 5.60 Å². The summed E-state index contributed by atoms with van der Waals surface area (Å²) in [4.78, 5) is 24.4. The SMILES string of the molecule is CC(C)[C@H](NC(=O)N1CCC(C)(O)CC1)C(=O)O.